The molecule has 0 bridgehead atoms. The molecule has 1 aromatic heterocycles. The van der Waals surface area contributed by atoms with Crippen LogP contribution in [-0.2, 0) is 0 Å². The Bertz CT molecular complexity index is 904. The van der Waals surface area contributed by atoms with Crippen molar-refractivity contribution in [2.45, 2.75) is 109 Å². The molecule has 2 saturated carbocycles. The van der Waals surface area contributed by atoms with Gasteiger partial charge in [-0.3, -0.25) is 0 Å². The van der Waals surface area contributed by atoms with Crippen LogP contribution in [0.1, 0.15) is 84.9 Å². The molecule has 2 aliphatic carbocycles. The van der Waals surface area contributed by atoms with E-state index >= 15 is 0 Å². The fourth-order valence-corrected chi connectivity index (χ4v) is 4.34. The Hall–Kier alpha value is -2.40. The zero-order valence-electron chi connectivity index (χ0n) is 21.0. The summed E-state index contributed by atoms with van der Waals surface area (Å²) in [6.07, 6.45) is 1.01. The first-order chi connectivity index (χ1) is 16.7. The number of aromatic nitrogens is 3. The molecule has 0 radical (unpaired) electrons. The van der Waals surface area contributed by atoms with Gasteiger partial charge in [0.1, 0.15) is 5.70 Å². The highest BCUT2D eigenvalue weighted by Crippen LogP contribution is 2.35. The maximum Gasteiger partial charge on any atom is 0.286 e. The molecule has 2 N–H and O–H groups in total. The van der Waals surface area contributed by atoms with Crippen LogP contribution in [0.15, 0.2) is 16.8 Å². The second kappa shape index (κ2) is 10.9. The monoisotopic (exact) mass is 520 g/mol. The van der Waals surface area contributed by atoms with Gasteiger partial charge in [0.05, 0.1) is 5.71 Å². The van der Waals surface area contributed by atoms with Crippen molar-refractivity contribution in [2.24, 2.45) is 10.9 Å². The predicted octanol–water partition coefficient (Wildman–Crippen LogP) is 6.86. The second-order valence-electron chi connectivity index (χ2n) is 10.1. The van der Waals surface area contributed by atoms with Crippen molar-refractivity contribution >= 4 is 17.6 Å². The van der Waals surface area contributed by atoms with Gasteiger partial charge in [-0.25, -0.2) is 22.6 Å². The van der Waals surface area contributed by atoms with Crippen LogP contribution in [0, 0.1) is 5.92 Å². The first-order valence-corrected chi connectivity index (χ1v) is 12.4. The molecular formula is C24H34F6N6. The van der Waals surface area contributed by atoms with E-state index in [0.29, 0.717) is 0 Å². The Labute approximate surface area is 207 Å². The zero-order valence-corrected chi connectivity index (χ0v) is 21.0. The minimum Gasteiger partial charge on any atom is -0.351 e. The molecule has 0 unspecified atom stereocenters. The molecule has 0 saturated heterocycles. The largest absolute Gasteiger partial charge is 0.351 e. The highest BCUT2D eigenvalue weighted by Gasteiger charge is 2.36. The first kappa shape index (κ1) is 28.2. The van der Waals surface area contributed by atoms with Crippen molar-refractivity contribution in [3.8, 4) is 0 Å². The maximum atomic E-state index is 14.1. The number of hydrogen-bond acceptors (Lipinski definition) is 6. The van der Waals surface area contributed by atoms with E-state index in [9.17, 15) is 26.3 Å². The average Bonchev–Trinajstić information content (AvgIpc) is 2.76. The number of nitrogens with one attached hydrogen (secondary N) is 2. The minimum atomic E-state index is -3.19. The summed E-state index contributed by atoms with van der Waals surface area (Å²) in [6.45, 7) is 5.72. The van der Waals surface area contributed by atoms with E-state index in [1.165, 1.54) is 13.0 Å². The Balaban J connectivity index is 1.94. The molecule has 2 fully saturated rings. The SMILES string of the molecule is C/C=C(\N=C(c1nc(NC2CCC(F)(F)CC2)nc(NC2CCC(F)(F)CC2)n1)C(C)C)C(C)(F)F. The van der Waals surface area contributed by atoms with Gasteiger partial charge in [-0.2, -0.15) is 23.7 Å². The fraction of sp³-hybridized carbons (Fsp3) is 0.750. The predicted molar refractivity (Wildman–Crippen MR) is 127 cm³/mol. The number of halogens is 6. The Morgan fingerprint density at radius 1 is 0.889 bits per heavy atom. The van der Waals surface area contributed by atoms with Crippen LogP contribution in [0.5, 0.6) is 0 Å². The number of nitrogens with zero attached hydrogens (tertiary/aromatic N) is 4. The van der Waals surface area contributed by atoms with Gasteiger partial charge in [0.25, 0.3) is 5.92 Å². The molecule has 1 heterocycles. The van der Waals surface area contributed by atoms with Crippen LogP contribution >= 0.6 is 0 Å². The van der Waals surface area contributed by atoms with E-state index < -0.39 is 23.5 Å². The van der Waals surface area contributed by atoms with Crippen molar-refractivity contribution in [2.75, 3.05) is 10.6 Å². The van der Waals surface area contributed by atoms with Crippen molar-refractivity contribution in [1.82, 2.24) is 15.0 Å². The minimum absolute atomic E-state index is 0.0517. The lowest BCUT2D eigenvalue weighted by Gasteiger charge is -2.30. The lowest BCUT2D eigenvalue weighted by atomic mass is 9.92. The van der Waals surface area contributed by atoms with Gasteiger partial charge in [-0.15, -0.1) is 0 Å². The van der Waals surface area contributed by atoms with Gasteiger partial charge in [0.15, 0.2) is 5.82 Å². The van der Waals surface area contributed by atoms with E-state index in [1.54, 1.807) is 13.8 Å². The summed E-state index contributed by atoms with van der Waals surface area (Å²) in [5, 5.41) is 6.14. The van der Waals surface area contributed by atoms with E-state index in [1.807, 2.05) is 0 Å². The molecule has 36 heavy (non-hydrogen) atoms. The second-order valence-corrected chi connectivity index (χ2v) is 10.1. The molecule has 0 aromatic carbocycles. The molecule has 6 nitrogen and oxygen atoms in total. The van der Waals surface area contributed by atoms with Gasteiger partial charge in [0, 0.05) is 44.7 Å². The normalized spacial score (nSPS) is 22.1. The Kier molecular flexibility index (Phi) is 8.55. The Morgan fingerprint density at radius 3 is 1.64 bits per heavy atom. The van der Waals surface area contributed by atoms with Gasteiger partial charge in [-0.05, 0) is 38.5 Å². The van der Waals surface area contributed by atoms with Crippen molar-refractivity contribution in [3.63, 3.8) is 0 Å². The van der Waals surface area contributed by atoms with E-state index in [4.69, 9.17) is 0 Å². The molecule has 3 rings (SSSR count). The molecule has 0 amide bonds. The molecule has 1 aromatic rings. The van der Waals surface area contributed by atoms with Crippen LogP contribution in [-0.4, -0.2) is 50.5 Å². The molecular weight excluding hydrogens is 486 g/mol. The quantitative estimate of drug-likeness (QED) is 0.290. The van der Waals surface area contributed by atoms with Gasteiger partial charge in [0.2, 0.25) is 23.7 Å². The van der Waals surface area contributed by atoms with E-state index in [2.05, 4.69) is 30.6 Å². The Morgan fingerprint density at radius 2 is 1.31 bits per heavy atom. The van der Waals surface area contributed by atoms with Crippen molar-refractivity contribution in [3.05, 3.63) is 17.6 Å². The topological polar surface area (TPSA) is 75.1 Å². The summed E-state index contributed by atoms with van der Waals surface area (Å²) < 4.78 is 82.5. The third kappa shape index (κ3) is 7.80. The number of alkyl halides is 6. The van der Waals surface area contributed by atoms with Gasteiger partial charge in [-0.1, -0.05) is 19.9 Å². The molecule has 202 valence electrons. The number of aliphatic imine (C=N–C) groups is 1. The molecule has 0 atom stereocenters. The summed E-state index contributed by atoms with van der Waals surface area (Å²) >= 11 is 0. The number of allylic oxidation sites excluding steroid dienone is 2. The number of anilines is 2. The van der Waals surface area contributed by atoms with Crippen LogP contribution in [0.3, 0.4) is 0 Å². The number of rotatable bonds is 8. The van der Waals surface area contributed by atoms with E-state index in [0.717, 1.165) is 6.92 Å². The molecule has 2 aliphatic rings. The standard InChI is InChI=1S/C24H34F6N6/c1-5-17(22(4,25)26)33-18(14(2)3)19-34-20(31-15-6-10-23(27,28)11-7-15)36-21(35-19)32-16-8-12-24(29,30)13-9-16/h5,14-16H,6-13H2,1-4H3,(H2,31,32,34,35,36)/b17-5-,33-18?. The highest BCUT2D eigenvalue weighted by molar-refractivity contribution is 5.99. The van der Waals surface area contributed by atoms with Crippen LogP contribution in [0.2, 0.25) is 0 Å². The highest BCUT2D eigenvalue weighted by atomic mass is 19.3. The summed E-state index contributed by atoms with van der Waals surface area (Å²) in [4.78, 5) is 17.3. The number of hydrogen-bond donors (Lipinski definition) is 2. The van der Waals surface area contributed by atoms with Crippen molar-refractivity contribution < 1.29 is 26.3 Å². The smallest absolute Gasteiger partial charge is 0.286 e. The third-order valence-corrected chi connectivity index (χ3v) is 6.48. The summed E-state index contributed by atoms with van der Waals surface area (Å²) in [5.41, 5.74) is -0.247. The molecule has 0 aliphatic heterocycles. The van der Waals surface area contributed by atoms with Gasteiger partial charge >= 0.3 is 0 Å². The average molecular weight is 521 g/mol. The van der Waals surface area contributed by atoms with E-state index in [-0.39, 0.29) is 92.8 Å². The van der Waals surface area contributed by atoms with Gasteiger partial charge < -0.3 is 10.6 Å². The van der Waals surface area contributed by atoms with Crippen molar-refractivity contribution in [1.29, 1.82) is 0 Å². The molecule has 12 heteroatoms. The maximum absolute atomic E-state index is 14.1. The van der Waals surface area contributed by atoms with Crippen LogP contribution < -0.4 is 10.6 Å². The third-order valence-electron chi connectivity index (χ3n) is 6.48. The summed E-state index contributed by atoms with van der Waals surface area (Å²) in [6, 6.07) is -0.599. The summed E-state index contributed by atoms with van der Waals surface area (Å²) in [5.74, 6) is -8.70. The summed E-state index contributed by atoms with van der Waals surface area (Å²) in [7, 11) is 0. The molecule has 0 spiro atoms. The lowest BCUT2D eigenvalue weighted by molar-refractivity contribution is -0.0366. The van der Waals surface area contributed by atoms with Crippen LogP contribution in [0.4, 0.5) is 38.2 Å². The first-order valence-electron chi connectivity index (χ1n) is 12.4. The lowest BCUT2D eigenvalue weighted by Crippen LogP contribution is -2.34. The van der Waals surface area contributed by atoms with Crippen LogP contribution in [0.25, 0.3) is 0 Å². The fourth-order valence-electron chi connectivity index (χ4n) is 4.34. The zero-order chi connectivity index (χ0) is 26.7.